The van der Waals surface area contributed by atoms with Crippen LogP contribution in [0.25, 0.3) is 70.4 Å². The number of nitrogens with two attached hydrogens (primary N) is 1. The zero-order valence-corrected chi connectivity index (χ0v) is 30.6. The van der Waals surface area contributed by atoms with Crippen molar-refractivity contribution in [1.29, 1.82) is 10.8 Å². The molecule has 9 aromatic rings. The summed E-state index contributed by atoms with van der Waals surface area (Å²) in [7, 11) is 0. The Kier molecular flexibility index (Phi) is 7.75. The third-order valence-electron chi connectivity index (χ3n) is 10.6. The Bertz CT molecular complexity index is 3050. The van der Waals surface area contributed by atoms with E-state index in [9.17, 15) is 0 Å². The second kappa shape index (κ2) is 13.1. The van der Waals surface area contributed by atoms with Gasteiger partial charge in [-0.1, -0.05) is 127 Å². The SMILES string of the molecule is N=C1C=Cc2ccc3ccc(N(c4ccc5c(c4)sc4cccc(-c6cccc(N)c6)c45)c4ccccc4-c4ccccc4-c4ccccc4)cc3c2C1=N. The Labute approximate surface area is 323 Å². The molecule has 0 fully saturated rings. The van der Waals surface area contributed by atoms with Gasteiger partial charge in [-0.2, -0.15) is 0 Å². The van der Waals surface area contributed by atoms with Crippen molar-refractivity contribution in [2.45, 2.75) is 0 Å². The summed E-state index contributed by atoms with van der Waals surface area (Å²) in [5.74, 6) is 0. The standard InChI is InChI=1S/C50H34N4S/c51-35-13-8-12-34(28-35)39-17-9-19-46-49(39)42-26-25-37(30-47(42)55-46)54(36-24-22-32-20-21-33-23-27-44(52)50(53)48(33)43(32)29-36)45-18-7-6-16-41(45)40-15-5-4-14-38(40)31-10-2-1-3-11-31/h1-30,52-53H,51H2. The molecule has 8 aromatic carbocycles. The number of thiophene rings is 1. The maximum atomic E-state index is 8.96. The molecule has 0 unspecified atom stereocenters. The first-order valence-electron chi connectivity index (χ1n) is 18.3. The van der Waals surface area contributed by atoms with E-state index in [0.29, 0.717) is 0 Å². The Morgan fingerprint density at radius 1 is 0.491 bits per heavy atom. The maximum absolute atomic E-state index is 8.96. The van der Waals surface area contributed by atoms with Gasteiger partial charge in [-0.15, -0.1) is 11.3 Å². The molecule has 1 aromatic heterocycles. The van der Waals surface area contributed by atoms with Crippen LogP contribution in [0.4, 0.5) is 22.7 Å². The van der Waals surface area contributed by atoms with E-state index >= 15 is 0 Å². The van der Waals surface area contributed by atoms with Gasteiger partial charge in [0.1, 0.15) is 0 Å². The molecule has 1 aliphatic rings. The van der Waals surface area contributed by atoms with Crippen LogP contribution >= 0.6 is 11.3 Å². The van der Waals surface area contributed by atoms with Crippen molar-refractivity contribution in [1.82, 2.24) is 0 Å². The van der Waals surface area contributed by atoms with Gasteiger partial charge >= 0.3 is 0 Å². The first-order chi connectivity index (χ1) is 27.0. The molecule has 1 aliphatic carbocycles. The lowest BCUT2D eigenvalue weighted by Gasteiger charge is -2.29. The zero-order chi connectivity index (χ0) is 37.0. The predicted molar refractivity (Wildman–Crippen MR) is 236 cm³/mol. The summed E-state index contributed by atoms with van der Waals surface area (Å²) in [4.78, 5) is 2.35. The van der Waals surface area contributed by atoms with Crippen LogP contribution in [-0.2, 0) is 0 Å². The van der Waals surface area contributed by atoms with E-state index in [4.69, 9.17) is 16.6 Å². The van der Waals surface area contributed by atoms with E-state index in [1.165, 1.54) is 25.7 Å². The number of nitrogen functional groups attached to an aromatic ring is 1. The van der Waals surface area contributed by atoms with Gasteiger partial charge in [0.25, 0.3) is 0 Å². The molecule has 55 heavy (non-hydrogen) atoms. The number of benzene rings is 8. The van der Waals surface area contributed by atoms with Gasteiger partial charge in [0.05, 0.1) is 17.1 Å². The van der Waals surface area contributed by atoms with Crippen molar-refractivity contribution >= 4 is 82.5 Å². The fourth-order valence-electron chi connectivity index (χ4n) is 8.08. The van der Waals surface area contributed by atoms with Crippen molar-refractivity contribution in [2.75, 3.05) is 10.6 Å². The number of para-hydroxylation sites is 1. The average molecular weight is 723 g/mol. The van der Waals surface area contributed by atoms with Gasteiger partial charge in [-0.05, 0) is 98.8 Å². The van der Waals surface area contributed by atoms with Gasteiger partial charge < -0.3 is 10.6 Å². The van der Waals surface area contributed by atoms with E-state index in [1.54, 1.807) is 17.4 Å². The summed E-state index contributed by atoms with van der Waals surface area (Å²) in [6, 6.07) is 60.0. The minimum atomic E-state index is 0.220. The Morgan fingerprint density at radius 2 is 1.18 bits per heavy atom. The molecule has 0 spiro atoms. The highest BCUT2D eigenvalue weighted by atomic mass is 32.1. The van der Waals surface area contributed by atoms with Gasteiger partial charge in [-0.3, -0.25) is 10.8 Å². The number of nitrogens with zero attached hydrogens (tertiary/aromatic N) is 1. The number of allylic oxidation sites excluding steroid dienone is 1. The topological polar surface area (TPSA) is 77.0 Å². The van der Waals surface area contributed by atoms with Gasteiger partial charge in [0.2, 0.25) is 0 Å². The normalized spacial score (nSPS) is 12.4. The van der Waals surface area contributed by atoms with Gasteiger partial charge in [-0.25, -0.2) is 0 Å². The highest BCUT2D eigenvalue weighted by molar-refractivity contribution is 7.26. The molecule has 0 saturated carbocycles. The molecule has 0 saturated heterocycles. The Hall–Kier alpha value is -7.08. The molecule has 0 amide bonds. The summed E-state index contributed by atoms with van der Waals surface area (Å²) in [6.45, 7) is 0. The number of nitrogens with one attached hydrogen (secondary N) is 2. The van der Waals surface area contributed by atoms with Gasteiger partial charge in [0.15, 0.2) is 0 Å². The smallest absolute Gasteiger partial charge is 0.0873 e. The third-order valence-corrected chi connectivity index (χ3v) is 11.7. The third kappa shape index (κ3) is 5.52. The van der Waals surface area contributed by atoms with E-state index in [1.807, 2.05) is 24.3 Å². The van der Waals surface area contributed by atoms with Crippen LogP contribution in [0.2, 0.25) is 0 Å². The molecule has 1 heterocycles. The molecule has 0 atom stereocenters. The lowest BCUT2D eigenvalue weighted by molar-refractivity contribution is 1.29. The molecule has 4 nitrogen and oxygen atoms in total. The van der Waals surface area contributed by atoms with Gasteiger partial charge in [0, 0.05) is 48.4 Å². The second-order valence-electron chi connectivity index (χ2n) is 13.9. The molecule has 260 valence electrons. The van der Waals surface area contributed by atoms with Crippen LogP contribution in [0, 0.1) is 10.8 Å². The van der Waals surface area contributed by atoms with Crippen molar-refractivity contribution in [3.8, 4) is 33.4 Å². The minimum Gasteiger partial charge on any atom is -0.399 e. The lowest BCUT2D eigenvalue weighted by atomic mass is 9.89. The highest BCUT2D eigenvalue weighted by Gasteiger charge is 2.23. The molecular formula is C50H34N4S. The number of rotatable bonds is 6. The first-order valence-corrected chi connectivity index (χ1v) is 19.1. The summed E-state index contributed by atoms with van der Waals surface area (Å²) >= 11 is 1.80. The molecule has 0 aliphatic heterocycles. The van der Waals surface area contributed by atoms with E-state index in [2.05, 4.69) is 157 Å². The monoisotopic (exact) mass is 722 g/mol. The molecule has 4 N–H and O–H groups in total. The molecule has 0 bridgehead atoms. The summed E-state index contributed by atoms with van der Waals surface area (Å²) in [5, 5.41) is 21.9. The van der Waals surface area contributed by atoms with Crippen LogP contribution in [0.5, 0.6) is 0 Å². The fourth-order valence-corrected chi connectivity index (χ4v) is 9.25. The maximum Gasteiger partial charge on any atom is 0.0873 e. The lowest BCUT2D eigenvalue weighted by Crippen LogP contribution is -2.16. The van der Waals surface area contributed by atoms with Crippen LogP contribution in [0.1, 0.15) is 11.1 Å². The second-order valence-corrected chi connectivity index (χ2v) is 15.0. The summed E-state index contributed by atoms with van der Waals surface area (Å²) < 4.78 is 2.41. The van der Waals surface area contributed by atoms with Crippen molar-refractivity contribution in [3.63, 3.8) is 0 Å². The van der Waals surface area contributed by atoms with E-state index < -0.39 is 0 Å². The van der Waals surface area contributed by atoms with Crippen LogP contribution in [0.15, 0.2) is 176 Å². The van der Waals surface area contributed by atoms with E-state index in [0.717, 1.165) is 72.5 Å². The summed E-state index contributed by atoms with van der Waals surface area (Å²) in [6.07, 6.45) is 3.66. The van der Waals surface area contributed by atoms with Crippen molar-refractivity contribution < 1.29 is 0 Å². The number of hydrogen-bond donors (Lipinski definition) is 3. The average Bonchev–Trinajstić information content (AvgIpc) is 3.61. The number of fused-ring (bicyclic) bond motifs is 6. The van der Waals surface area contributed by atoms with Crippen LogP contribution < -0.4 is 10.6 Å². The van der Waals surface area contributed by atoms with Crippen LogP contribution in [0.3, 0.4) is 0 Å². The van der Waals surface area contributed by atoms with E-state index in [-0.39, 0.29) is 11.4 Å². The largest absolute Gasteiger partial charge is 0.399 e. The quantitative estimate of drug-likeness (QED) is 0.149. The highest BCUT2D eigenvalue weighted by Crippen LogP contribution is 2.47. The molecule has 5 heteroatoms. The Balaban J connectivity index is 1.22. The molecule has 0 radical (unpaired) electrons. The molecular weight excluding hydrogens is 689 g/mol. The van der Waals surface area contributed by atoms with Crippen molar-refractivity contribution in [2.24, 2.45) is 0 Å². The summed E-state index contributed by atoms with van der Waals surface area (Å²) in [5.41, 5.74) is 19.1. The first kappa shape index (κ1) is 32.6. The number of anilines is 4. The number of hydrogen-bond acceptors (Lipinski definition) is 5. The van der Waals surface area contributed by atoms with Crippen molar-refractivity contribution in [3.05, 3.63) is 187 Å². The Morgan fingerprint density at radius 3 is 2.04 bits per heavy atom. The van der Waals surface area contributed by atoms with Crippen LogP contribution in [-0.4, -0.2) is 11.4 Å². The predicted octanol–water partition coefficient (Wildman–Crippen LogP) is 13.7. The fraction of sp³-hybridized carbons (Fsp3) is 0. The zero-order valence-electron chi connectivity index (χ0n) is 29.8. The molecule has 10 rings (SSSR count). The minimum absolute atomic E-state index is 0.220.